The Bertz CT molecular complexity index is 519. The smallest absolute Gasteiger partial charge is 0.191 e. The Balaban J connectivity index is 0.00000484. The lowest BCUT2D eigenvalue weighted by atomic mass is 10.3. The summed E-state index contributed by atoms with van der Waals surface area (Å²) in [6.07, 6.45) is 0. The zero-order valence-corrected chi connectivity index (χ0v) is 18.8. The lowest BCUT2D eigenvalue weighted by Crippen LogP contribution is -2.40. The van der Waals surface area contributed by atoms with E-state index in [1.54, 1.807) is 11.3 Å². The number of aliphatic imine (C=N–C) groups is 1. The van der Waals surface area contributed by atoms with Crippen LogP contribution in [0.1, 0.15) is 43.3 Å². The number of aryl methyl sites for hydroxylation is 2. The van der Waals surface area contributed by atoms with Gasteiger partial charge in [0, 0.05) is 39.3 Å². The minimum absolute atomic E-state index is 0. The number of halogens is 1. The first-order valence-corrected chi connectivity index (χ1v) is 9.71. The van der Waals surface area contributed by atoms with Gasteiger partial charge in [0.2, 0.25) is 0 Å². The molecule has 23 heavy (non-hydrogen) atoms. The van der Waals surface area contributed by atoms with Gasteiger partial charge in [0.15, 0.2) is 5.96 Å². The molecule has 0 aliphatic heterocycles. The van der Waals surface area contributed by atoms with Gasteiger partial charge in [0.05, 0.1) is 12.2 Å². The van der Waals surface area contributed by atoms with Crippen LogP contribution < -0.4 is 10.6 Å². The van der Waals surface area contributed by atoms with Crippen LogP contribution in [0.25, 0.3) is 0 Å². The van der Waals surface area contributed by atoms with Crippen molar-refractivity contribution in [1.29, 1.82) is 0 Å². The van der Waals surface area contributed by atoms with Gasteiger partial charge in [-0.25, -0.2) is 9.98 Å². The summed E-state index contributed by atoms with van der Waals surface area (Å²) in [5.74, 6) is 1.36. The molecule has 0 bridgehead atoms. The molecule has 1 rings (SSSR count). The standard InChI is InChI=1S/C15H28N4OS2.HI/c1-7-16-14(17-8-9-22(20)15(4,5)6)18-10-13-19-11(2)12(3)21-13;/h7-10H2,1-6H3,(H2,16,17,18);1H. The molecule has 1 heterocycles. The van der Waals surface area contributed by atoms with Crippen molar-refractivity contribution in [2.45, 2.75) is 52.8 Å². The molecule has 0 saturated carbocycles. The van der Waals surface area contributed by atoms with Crippen molar-refractivity contribution in [3.63, 3.8) is 0 Å². The SMILES string of the molecule is CCNC(=NCc1nc(C)c(C)s1)NCCS(=O)C(C)(C)C.I. The fourth-order valence-electron chi connectivity index (χ4n) is 1.66. The lowest BCUT2D eigenvalue weighted by Gasteiger charge is -2.18. The molecular weight excluding hydrogens is 443 g/mol. The molecule has 0 radical (unpaired) electrons. The Kier molecular flexibility index (Phi) is 10.5. The van der Waals surface area contributed by atoms with Crippen molar-refractivity contribution in [3.05, 3.63) is 15.6 Å². The number of nitrogens with one attached hydrogen (secondary N) is 2. The topological polar surface area (TPSA) is 66.4 Å². The normalized spacial score (nSPS) is 13.4. The van der Waals surface area contributed by atoms with Gasteiger partial charge < -0.3 is 10.6 Å². The fourth-order valence-corrected chi connectivity index (χ4v) is 3.42. The summed E-state index contributed by atoms with van der Waals surface area (Å²) >= 11 is 1.68. The number of rotatable bonds is 6. The van der Waals surface area contributed by atoms with Gasteiger partial charge >= 0.3 is 0 Å². The average Bonchev–Trinajstić information content (AvgIpc) is 2.74. The highest BCUT2D eigenvalue weighted by atomic mass is 127. The van der Waals surface area contributed by atoms with Crippen LogP contribution in [0.15, 0.2) is 4.99 Å². The summed E-state index contributed by atoms with van der Waals surface area (Å²) in [6.45, 7) is 14.1. The molecule has 0 saturated heterocycles. The maximum absolute atomic E-state index is 12.0. The second kappa shape index (κ2) is 10.6. The molecule has 1 aromatic rings. The zero-order chi connectivity index (χ0) is 16.8. The van der Waals surface area contributed by atoms with Crippen molar-refractivity contribution in [2.24, 2.45) is 4.99 Å². The first-order chi connectivity index (χ1) is 10.2. The van der Waals surface area contributed by atoms with E-state index in [1.165, 1.54) is 4.88 Å². The highest BCUT2D eigenvalue weighted by Crippen LogP contribution is 2.16. The van der Waals surface area contributed by atoms with Crippen LogP contribution in [-0.4, -0.2) is 38.7 Å². The molecule has 0 fully saturated rings. The van der Waals surface area contributed by atoms with Crippen LogP contribution in [0.5, 0.6) is 0 Å². The van der Waals surface area contributed by atoms with Gasteiger partial charge in [-0.2, -0.15) is 0 Å². The monoisotopic (exact) mass is 472 g/mol. The van der Waals surface area contributed by atoms with E-state index in [9.17, 15) is 4.21 Å². The van der Waals surface area contributed by atoms with E-state index in [0.717, 1.165) is 23.2 Å². The number of hydrogen-bond acceptors (Lipinski definition) is 4. The van der Waals surface area contributed by atoms with E-state index in [0.29, 0.717) is 18.8 Å². The van der Waals surface area contributed by atoms with Crippen LogP contribution in [0, 0.1) is 13.8 Å². The Morgan fingerprint density at radius 1 is 1.30 bits per heavy atom. The molecule has 1 unspecified atom stereocenters. The van der Waals surface area contributed by atoms with Gasteiger partial charge in [0.25, 0.3) is 0 Å². The molecule has 0 aliphatic rings. The van der Waals surface area contributed by atoms with Crippen molar-refractivity contribution >= 4 is 52.1 Å². The Labute approximate surface area is 163 Å². The number of guanidine groups is 1. The molecule has 1 atom stereocenters. The quantitative estimate of drug-likeness (QED) is 0.380. The maximum Gasteiger partial charge on any atom is 0.191 e. The summed E-state index contributed by atoms with van der Waals surface area (Å²) in [5.41, 5.74) is 1.08. The molecule has 1 aromatic heterocycles. The van der Waals surface area contributed by atoms with Crippen molar-refractivity contribution in [1.82, 2.24) is 15.6 Å². The summed E-state index contributed by atoms with van der Waals surface area (Å²) in [5, 5.41) is 7.46. The second-order valence-corrected chi connectivity index (χ2v) is 9.64. The first-order valence-electron chi connectivity index (χ1n) is 7.57. The highest BCUT2D eigenvalue weighted by Gasteiger charge is 2.18. The third-order valence-electron chi connectivity index (χ3n) is 3.05. The second-order valence-electron chi connectivity index (χ2n) is 6.03. The van der Waals surface area contributed by atoms with Gasteiger partial charge in [-0.05, 0) is 41.5 Å². The van der Waals surface area contributed by atoms with Crippen LogP contribution >= 0.6 is 35.3 Å². The minimum atomic E-state index is -0.853. The van der Waals surface area contributed by atoms with Gasteiger partial charge in [-0.3, -0.25) is 4.21 Å². The molecule has 5 nitrogen and oxygen atoms in total. The molecule has 0 aliphatic carbocycles. The van der Waals surface area contributed by atoms with Crippen molar-refractivity contribution in [3.8, 4) is 0 Å². The summed E-state index contributed by atoms with van der Waals surface area (Å²) in [6, 6.07) is 0. The molecule has 8 heteroatoms. The van der Waals surface area contributed by atoms with Gasteiger partial charge in [-0.1, -0.05) is 0 Å². The van der Waals surface area contributed by atoms with E-state index in [4.69, 9.17) is 0 Å². The Hall–Kier alpha value is -0.220. The Morgan fingerprint density at radius 3 is 2.43 bits per heavy atom. The summed E-state index contributed by atoms with van der Waals surface area (Å²) in [4.78, 5) is 10.3. The number of aromatic nitrogens is 1. The highest BCUT2D eigenvalue weighted by molar-refractivity contribution is 14.0. The average molecular weight is 472 g/mol. The van der Waals surface area contributed by atoms with E-state index in [-0.39, 0.29) is 28.7 Å². The summed E-state index contributed by atoms with van der Waals surface area (Å²) < 4.78 is 11.9. The van der Waals surface area contributed by atoms with Gasteiger partial charge in [-0.15, -0.1) is 35.3 Å². The number of nitrogens with zero attached hydrogens (tertiary/aromatic N) is 2. The number of thiazole rings is 1. The molecule has 0 spiro atoms. The van der Waals surface area contributed by atoms with Crippen LogP contribution in [-0.2, 0) is 17.3 Å². The van der Waals surface area contributed by atoms with Crippen molar-refractivity contribution < 1.29 is 4.21 Å². The van der Waals surface area contributed by atoms with Crippen molar-refractivity contribution in [2.75, 3.05) is 18.8 Å². The molecule has 134 valence electrons. The zero-order valence-electron chi connectivity index (χ0n) is 14.9. The predicted molar refractivity (Wildman–Crippen MR) is 113 cm³/mol. The lowest BCUT2D eigenvalue weighted by molar-refractivity contribution is 0.647. The third kappa shape index (κ3) is 8.44. The molecule has 0 aromatic carbocycles. The van der Waals surface area contributed by atoms with Crippen LogP contribution in [0.3, 0.4) is 0 Å². The Morgan fingerprint density at radius 2 is 1.96 bits per heavy atom. The van der Waals surface area contributed by atoms with Crippen LogP contribution in [0.4, 0.5) is 0 Å². The maximum atomic E-state index is 12.0. The minimum Gasteiger partial charge on any atom is -0.357 e. The predicted octanol–water partition coefficient (Wildman–Crippen LogP) is 2.98. The van der Waals surface area contributed by atoms with E-state index < -0.39 is 10.8 Å². The van der Waals surface area contributed by atoms with E-state index in [1.807, 2.05) is 34.6 Å². The molecule has 0 amide bonds. The molecule has 2 N–H and O–H groups in total. The summed E-state index contributed by atoms with van der Waals surface area (Å²) in [7, 11) is -0.853. The molecular formula is C15H29IN4OS2. The van der Waals surface area contributed by atoms with E-state index in [2.05, 4.69) is 27.5 Å². The first kappa shape index (κ1) is 22.8. The van der Waals surface area contributed by atoms with Crippen LogP contribution in [0.2, 0.25) is 0 Å². The van der Waals surface area contributed by atoms with E-state index >= 15 is 0 Å². The number of hydrogen-bond donors (Lipinski definition) is 2. The van der Waals surface area contributed by atoms with Gasteiger partial charge in [0.1, 0.15) is 5.01 Å². The largest absolute Gasteiger partial charge is 0.357 e. The fraction of sp³-hybridized carbons (Fsp3) is 0.733. The third-order valence-corrected chi connectivity index (χ3v) is 6.05.